The Balaban J connectivity index is 1.79. The largest absolute Gasteiger partial charge is 0.497 e. The number of benzene rings is 2. The number of rotatable bonds is 7. The van der Waals surface area contributed by atoms with E-state index < -0.39 is 22.5 Å². The van der Waals surface area contributed by atoms with E-state index in [1.807, 2.05) is 4.90 Å². The molecule has 3 rings (SSSR count). The molecule has 1 fully saturated rings. The molecule has 1 heterocycles. The second kappa shape index (κ2) is 10.5. The number of methoxy groups -OCH3 is 1. The number of nitrogens with one attached hydrogen (secondary N) is 1. The van der Waals surface area contributed by atoms with Crippen LogP contribution in [0, 0.1) is 0 Å². The molecule has 2 amide bonds. The lowest BCUT2D eigenvalue weighted by Crippen LogP contribution is -2.38. The van der Waals surface area contributed by atoms with Gasteiger partial charge in [-0.1, -0.05) is 31.0 Å². The van der Waals surface area contributed by atoms with Gasteiger partial charge in [-0.3, -0.25) is 13.9 Å². The van der Waals surface area contributed by atoms with Gasteiger partial charge < -0.3 is 15.0 Å². The Bertz CT molecular complexity index is 1060. The average Bonchev–Trinajstić information content (AvgIpc) is 3.06. The molecule has 0 bridgehead atoms. The van der Waals surface area contributed by atoms with E-state index in [1.54, 1.807) is 48.5 Å². The van der Waals surface area contributed by atoms with Gasteiger partial charge in [0.1, 0.15) is 12.3 Å². The van der Waals surface area contributed by atoms with Crippen LogP contribution in [0.25, 0.3) is 0 Å². The monoisotopic (exact) mass is 459 g/mol. The number of carbonyl (C=O) groups is 2. The lowest BCUT2D eigenvalue weighted by molar-refractivity contribution is -0.114. The third kappa shape index (κ3) is 6.00. The van der Waals surface area contributed by atoms with E-state index in [9.17, 15) is 18.0 Å². The fourth-order valence-corrected chi connectivity index (χ4v) is 4.56. The number of carbonyl (C=O) groups excluding carboxylic acids is 2. The van der Waals surface area contributed by atoms with Crippen molar-refractivity contribution in [1.29, 1.82) is 0 Å². The zero-order valence-electron chi connectivity index (χ0n) is 18.4. The summed E-state index contributed by atoms with van der Waals surface area (Å²) in [4.78, 5) is 27.7. The summed E-state index contributed by atoms with van der Waals surface area (Å²) < 4.78 is 30.9. The number of anilines is 2. The predicted octanol–water partition coefficient (Wildman–Crippen LogP) is 3.12. The molecule has 2 aromatic rings. The van der Waals surface area contributed by atoms with Gasteiger partial charge in [0.15, 0.2) is 0 Å². The summed E-state index contributed by atoms with van der Waals surface area (Å²) in [5.74, 6) is -0.199. The lowest BCUT2D eigenvalue weighted by Gasteiger charge is -2.24. The molecule has 172 valence electrons. The molecule has 8 nitrogen and oxygen atoms in total. The van der Waals surface area contributed by atoms with Crippen molar-refractivity contribution in [2.45, 2.75) is 25.7 Å². The third-order valence-electron chi connectivity index (χ3n) is 5.35. The molecule has 2 aromatic carbocycles. The van der Waals surface area contributed by atoms with Crippen molar-refractivity contribution in [3.8, 4) is 5.75 Å². The van der Waals surface area contributed by atoms with Gasteiger partial charge in [-0.05, 0) is 37.1 Å². The number of ether oxygens (including phenoxy) is 1. The first kappa shape index (κ1) is 23.6. The van der Waals surface area contributed by atoms with Gasteiger partial charge in [-0.2, -0.15) is 0 Å². The second-order valence-corrected chi connectivity index (χ2v) is 9.68. The highest BCUT2D eigenvalue weighted by molar-refractivity contribution is 7.92. The van der Waals surface area contributed by atoms with Gasteiger partial charge >= 0.3 is 0 Å². The minimum Gasteiger partial charge on any atom is -0.497 e. The zero-order chi connectivity index (χ0) is 23.1. The summed E-state index contributed by atoms with van der Waals surface area (Å²) in [5.41, 5.74) is 1.08. The number of para-hydroxylation sites is 1. The summed E-state index contributed by atoms with van der Waals surface area (Å²) >= 11 is 0. The number of likely N-dealkylation sites (tertiary alicyclic amines) is 1. The highest BCUT2D eigenvalue weighted by atomic mass is 32.2. The van der Waals surface area contributed by atoms with Gasteiger partial charge in [0.25, 0.3) is 5.91 Å². The highest BCUT2D eigenvalue weighted by Gasteiger charge is 2.24. The van der Waals surface area contributed by atoms with Crippen molar-refractivity contribution in [2.24, 2.45) is 0 Å². The van der Waals surface area contributed by atoms with Crippen LogP contribution in [0.3, 0.4) is 0 Å². The van der Waals surface area contributed by atoms with Crippen LogP contribution in [0.15, 0.2) is 48.5 Å². The van der Waals surface area contributed by atoms with Crippen molar-refractivity contribution in [2.75, 3.05) is 42.6 Å². The quantitative estimate of drug-likeness (QED) is 0.686. The van der Waals surface area contributed by atoms with E-state index in [4.69, 9.17) is 4.74 Å². The van der Waals surface area contributed by atoms with Crippen LogP contribution in [-0.4, -0.2) is 58.1 Å². The van der Waals surface area contributed by atoms with Gasteiger partial charge in [0, 0.05) is 19.2 Å². The van der Waals surface area contributed by atoms with Crippen molar-refractivity contribution in [1.82, 2.24) is 4.90 Å². The molecule has 0 radical (unpaired) electrons. The summed E-state index contributed by atoms with van der Waals surface area (Å²) in [7, 11) is -2.26. The van der Waals surface area contributed by atoms with Gasteiger partial charge in [-0.25, -0.2) is 8.42 Å². The maximum atomic E-state index is 13.1. The lowest BCUT2D eigenvalue weighted by atomic mass is 10.1. The molecular weight excluding hydrogens is 430 g/mol. The van der Waals surface area contributed by atoms with Crippen LogP contribution >= 0.6 is 0 Å². The number of sulfonamides is 1. The van der Waals surface area contributed by atoms with E-state index >= 15 is 0 Å². The van der Waals surface area contributed by atoms with E-state index in [2.05, 4.69) is 5.32 Å². The summed E-state index contributed by atoms with van der Waals surface area (Å²) in [6.45, 7) is 0.954. The maximum absolute atomic E-state index is 13.1. The molecule has 1 aliphatic heterocycles. The Morgan fingerprint density at radius 1 is 1.03 bits per heavy atom. The number of amides is 2. The Morgan fingerprint density at radius 2 is 1.72 bits per heavy atom. The van der Waals surface area contributed by atoms with Crippen molar-refractivity contribution < 1.29 is 22.7 Å². The molecule has 0 unspecified atom stereocenters. The first-order valence-electron chi connectivity index (χ1n) is 10.6. The summed E-state index contributed by atoms with van der Waals surface area (Å²) in [5, 5.41) is 2.72. The SMILES string of the molecule is COc1cccc(N(CC(=O)Nc2ccccc2C(=O)N2CCCCCC2)S(C)(=O)=O)c1. The number of hydrogen-bond donors (Lipinski definition) is 1. The second-order valence-electron chi connectivity index (χ2n) is 7.77. The van der Waals surface area contributed by atoms with Crippen LogP contribution in [0.1, 0.15) is 36.0 Å². The fourth-order valence-electron chi connectivity index (χ4n) is 3.71. The molecule has 0 atom stereocenters. The standard InChI is InChI=1S/C23H29N3O5S/c1-31-19-11-9-10-18(16-19)26(32(2,29)30)17-22(27)24-21-13-6-5-12-20(21)23(28)25-14-7-3-4-8-15-25/h5-6,9-13,16H,3-4,7-8,14-15,17H2,1-2H3,(H,24,27). The van der Waals surface area contributed by atoms with E-state index in [0.29, 0.717) is 35.8 Å². The van der Waals surface area contributed by atoms with E-state index in [0.717, 1.165) is 36.2 Å². The van der Waals surface area contributed by atoms with Gasteiger partial charge in [-0.15, -0.1) is 0 Å². The molecule has 0 spiro atoms. The molecule has 0 aliphatic carbocycles. The van der Waals surface area contributed by atoms with Crippen molar-refractivity contribution in [3.63, 3.8) is 0 Å². The normalized spacial score (nSPS) is 14.4. The Labute approximate surface area is 189 Å². The van der Waals surface area contributed by atoms with E-state index in [-0.39, 0.29) is 5.91 Å². The fraction of sp³-hybridized carbons (Fsp3) is 0.391. The van der Waals surface area contributed by atoms with Crippen molar-refractivity contribution in [3.05, 3.63) is 54.1 Å². The first-order valence-corrected chi connectivity index (χ1v) is 12.4. The molecule has 1 N–H and O–H groups in total. The van der Waals surface area contributed by atoms with Gasteiger partial charge in [0.05, 0.1) is 30.3 Å². The average molecular weight is 460 g/mol. The van der Waals surface area contributed by atoms with Crippen LogP contribution in [-0.2, 0) is 14.8 Å². The van der Waals surface area contributed by atoms with Crippen LogP contribution in [0.5, 0.6) is 5.75 Å². The highest BCUT2D eigenvalue weighted by Crippen LogP contribution is 2.24. The Kier molecular flexibility index (Phi) is 7.74. The minimum atomic E-state index is -3.74. The smallest absolute Gasteiger partial charge is 0.255 e. The Morgan fingerprint density at radius 3 is 2.38 bits per heavy atom. The Hall–Kier alpha value is -3.07. The summed E-state index contributed by atoms with van der Waals surface area (Å²) in [6.07, 6.45) is 5.17. The maximum Gasteiger partial charge on any atom is 0.255 e. The molecule has 0 saturated carbocycles. The predicted molar refractivity (Wildman–Crippen MR) is 125 cm³/mol. The molecule has 1 saturated heterocycles. The third-order valence-corrected chi connectivity index (χ3v) is 6.49. The molecule has 32 heavy (non-hydrogen) atoms. The molecular formula is C23H29N3O5S. The molecule has 0 aromatic heterocycles. The first-order chi connectivity index (χ1) is 15.3. The number of hydrogen-bond acceptors (Lipinski definition) is 5. The van der Waals surface area contributed by atoms with Crippen LogP contribution in [0.2, 0.25) is 0 Å². The minimum absolute atomic E-state index is 0.129. The van der Waals surface area contributed by atoms with Crippen molar-refractivity contribution >= 4 is 33.2 Å². The topological polar surface area (TPSA) is 96.0 Å². The van der Waals surface area contributed by atoms with Gasteiger partial charge in [0.2, 0.25) is 15.9 Å². The molecule has 9 heteroatoms. The summed E-state index contributed by atoms with van der Waals surface area (Å²) in [6, 6.07) is 13.3. The zero-order valence-corrected chi connectivity index (χ0v) is 19.2. The van der Waals surface area contributed by atoms with Crippen LogP contribution in [0.4, 0.5) is 11.4 Å². The molecule has 1 aliphatic rings. The van der Waals surface area contributed by atoms with Crippen LogP contribution < -0.4 is 14.4 Å². The number of nitrogens with zero attached hydrogens (tertiary/aromatic N) is 2. The van der Waals surface area contributed by atoms with E-state index in [1.165, 1.54) is 7.11 Å².